The summed E-state index contributed by atoms with van der Waals surface area (Å²) in [6.45, 7) is 1.58. The highest BCUT2D eigenvalue weighted by atomic mass is 16.5. The average Bonchev–Trinajstić information content (AvgIpc) is 3.34. The molecular weight excluding hydrogens is 422 g/mol. The van der Waals surface area contributed by atoms with Crippen molar-refractivity contribution in [2.45, 2.75) is 18.8 Å². The Bertz CT molecular complexity index is 1070. The van der Waals surface area contributed by atoms with Gasteiger partial charge in [-0.1, -0.05) is 30.3 Å². The summed E-state index contributed by atoms with van der Waals surface area (Å²) in [6, 6.07) is 14.6. The minimum atomic E-state index is -0.888. The number of hydrogen-bond donors (Lipinski definition) is 4. The van der Waals surface area contributed by atoms with Crippen molar-refractivity contribution in [1.29, 1.82) is 0 Å². The van der Waals surface area contributed by atoms with E-state index in [1.54, 1.807) is 17.3 Å². The van der Waals surface area contributed by atoms with Crippen LogP contribution in [0.25, 0.3) is 0 Å². The van der Waals surface area contributed by atoms with E-state index < -0.39 is 11.9 Å². The number of anilines is 3. The van der Waals surface area contributed by atoms with Crippen LogP contribution in [-0.2, 0) is 9.59 Å². The van der Waals surface area contributed by atoms with Gasteiger partial charge in [0.05, 0.1) is 11.6 Å². The number of aromatic amines is 1. The molecule has 2 heterocycles. The molecule has 4 N–H and O–H groups in total. The number of amides is 1. The number of carbonyl (C=O) groups is 2. The summed E-state index contributed by atoms with van der Waals surface area (Å²) < 4.78 is 5.65. The number of carboxylic acid groups (broad SMARTS) is 1. The van der Waals surface area contributed by atoms with Crippen LogP contribution in [0.3, 0.4) is 0 Å². The van der Waals surface area contributed by atoms with Gasteiger partial charge in [0.25, 0.3) is 5.91 Å². The van der Waals surface area contributed by atoms with Gasteiger partial charge >= 0.3 is 5.97 Å². The fourth-order valence-electron chi connectivity index (χ4n) is 3.78. The van der Waals surface area contributed by atoms with E-state index in [4.69, 9.17) is 4.74 Å². The Morgan fingerprint density at radius 2 is 2.03 bits per heavy atom. The van der Waals surface area contributed by atoms with Gasteiger partial charge in [0.1, 0.15) is 5.75 Å². The first-order valence-electron chi connectivity index (χ1n) is 10.9. The Balaban J connectivity index is 1.34. The van der Waals surface area contributed by atoms with Crippen LogP contribution >= 0.6 is 0 Å². The van der Waals surface area contributed by atoms with E-state index in [1.165, 1.54) is 0 Å². The third-order valence-electron chi connectivity index (χ3n) is 5.51. The highest BCUT2D eigenvalue weighted by Crippen LogP contribution is 2.35. The minimum Gasteiger partial charge on any atom is -0.481 e. The maximum atomic E-state index is 12.4. The molecule has 1 aliphatic rings. The minimum absolute atomic E-state index is 0.0110. The monoisotopic (exact) mass is 449 g/mol. The molecule has 0 radical (unpaired) electrons. The molecule has 1 atom stereocenters. The maximum absolute atomic E-state index is 12.4. The summed E-state index contributed by atoms with van der Waals surface area (Å²) in [4.78, 5) is 33.0. The zero-order valence-corrected chi connectivity index (χ0v) is 18.2. The molecule has 0 saturated carbocycles. The Morgan fingerprint density at radius 3 is 2.79 bits per heavy atom. The molecule has 9 heteroatoms. The van der Waals surface area contributed by atoms with Crippen molar-refractivity contribution < 1.29 is 19.4 Å². The average molecular weight is 450 g/mol. The number of aromatic nitrogens is 2. The van der Waals surface area contributed by atoms with E-state index >= 15 is 0 Å². The lowest BCUT2D eigenvalue weighted by Crippen LogP contribution is -2.39. The van der Waals surface area contributed by atoms with E-state index in [9.17, 15) is 14.7 Å². The van der Waals surface area contributed by atoms with Gasteiger partial charge in [-0.25, -0.2) is 4.98 Å². The fourth-order valence-corrected chi connectivity index (χ4v) is 3.78. The molecule has 1 aromatic heterocycles. The number of benzene rings is 2. The highest BCUT2D eigenvalue weighted by Gasteiger charge is 2.26. The second kappa shape index (κ2) is 10.5. The van der Waals surface area contributed by atoms with Crippen LogP contribution in [0.4, 0.5) is 17.3 Å². The standard InChI is InChI=1S/C24H27N5O4/c30-22-16-33-21-14-18(28-15-19(23(31)32)17-6-2-1-3-7-17)8-9-20(21)29(22)13-5-4-10-25-24-26-11-12-27-24/h1-3,6-9,11-12,14,19,28H,4-5,10,13,15-16H2,(H,31,32)(H2,25,26,27). The van der Waals surface area contributed by atoms with E-state index in [-0.39, 0.29) is 19.1 Å². The number of aliphatic carboxylic acids is 1. The predicted octanol–water partition coefficient (Wildman–Crippen LogP) is 3.31. The van der Waals surface area contributed by atoms with Crippen molar-refractivity contribution in [3.8, 4) is 5.75 Å². The molecule has 3 aromatic rings. The van der Waals surface area contributed by atoms with Crippen molar-refractivity contribution in [1.82, 2.24) is 9.97 Å². The molecule has 33 heavy (non-hydrogen) atoms. The number of imidazole rings is 1. The molecule has 0 spiro atoms. The fraction of sp³-hybridized carbons (Fsp3) is 0.292. The third kappa shape index (κ3) is 5.62. The lowest BCUT2D eigenvalue weighted by atomic mass is 9.99. The zero-order valence-electron chi connectivity index (χ0n) is 18.2. The quantitative estimate of drug-likeness (QED) is 0.332. The van der Waals surface area contributed by atoms with Gasteiger partial charge in [-0.3, -0.25) is 9.59 Å². The summed E-state index contributed by atoms with van der Waals surface area (Å²) in [7, 11) is 0. The van der Waals surface area contributed by atoms with Gasteiger partial charge < -0.3 is 30.4 Å². The summed E-state index contributed by atoms with van der Waals surface area (Å²) in [5, 5.41) is 16.0. The van der Waals surface area contributed by atoms with Crippen LogP contribution in [0.1, 0.15) is 24.3 Å². The van der Waals surface area contributed by atoms with Crippen LogP contribution in [0.5, 0.6) is 5.75 Å². The summed E-state index contributed by atoms with van der Waals surface area (Å²) >= 11 is 0. The molecule has 1 aliphatic heterocycles. The molecule has 1 unspecified atom stereocenters. The second-order valence-electron chi connectivity index (χ2n) is 7.77. The van der Waals surface area contributed by atoms with E-state index in [2.05, 4.69) is 20.6 Å². The molecule has 0 saturated heterocycles. The number of carboxylic acids is 1. The molecule has 0 aliphatic carbocycles. The number of H-pyrrole nitrogens is 1. The summed E-state index contributed by atoms with van der Waals surface area (Å²) in [5.41, 5.74) is 2.21. The van der Waals surface area contributed by atoms with E-state index in [0.29, 0.717) is 12.3 Å². The molecule has 9 nitrogen and oxygen atoms in total. The molecule has 1 amide bonds. The number of rotatable bonds is 11. The van der Waals surface area contributed by atoms with Gasteiger partial charge in [-0.2, -0.15) is 0 Å². The summed E-state index contributed by atoms with van der Waals surface area (Å²) in [5.74, 6) is -0.283. The Kier molecular flexibility index (Phi) is 7.09. The first kappa shape index (κ1) is 22.2. The lowest BCUT2D eigenvalue weighted by Gasteiger charge is -2.30. The van der Waals surface area contributed by atoms with E-state index in [1.807, 2.05) is 48.5 Å². The van der Waals surface area contributed by atoms with Crippen molar-refractivity contribution in [2.75, 3.05) is 41.8 Å². The first-order chi connectivity index (χ1) is 16.1. The number of fused-ring (bicyclic) bond motifs is 1. The lowest BCUT2D eigenvalue weighted by molar-refractivity contribution is -0.138. The van der Waals surface area contributed by atoms with Crippen LogP contribution in [0.2, 0.25) is 0 Å². The maximum Gasteiger partial charge on any atom is 0.312 e. The number of nitrogens with zero attached hydrogens (tertiary/aromatic N) is 2. The largest absolute Gasteiger partial charge is 0.481 e. The van der Waals surface area contributed by atoms with Crippen molar-refractivity contribution >= 4 is 29.2 Å². The normalized spacial score (nSPS) is 13.7. The number of ether oxygens (including phenoxy) is 1. The van der Waals surface area contributed by atoms with Crippen molar-refractivity contribution in [2.24, 2.45) is 0 Å². The predicted molar refractivity (Wildman–Crippen MR) is 126 cm³/mol. The van der Waals surface area contributed by atoms with Crippen LogP contribution in [0.15, 0.2) is 60.9 Å². The highest BCUT2D eigenvalue weighted by molar-refractivity contribution is 5.98. The molecule has 2 aromatic carbocycles. The first-order valence-corrected chi connectivity index (χ1v) is 10.9. The van der Waals surface area contributed by atoms with Gasteiger partial charge in [0.2, 0.25) is 0 Å². The number of carbonyl (C=O) groups excluding carboxylic acids is 1. The SMILES string of the molecule is O=C(O)C(CNc1ccc2c(c1)OCC(=O)N2CCCCNc1ncc[nH]1)c1ccccc1. The topological polar surface area (TPSA) is 120 Å². The van der Waals surface area contributed by atoms with Crippen LogP contribution in [0, 0.1) is 0 Å². The molecule has 172 valence electrons. The van der Waals surface area contributed by atoms with Gasteiger partial charge in [0.15, 0.2) is 12.6 Å². The van der Waals surface area contributed by atoms with Crippen LogP contribution < -0.4 is 20.3 Å². The Morgan fingerprint density at radius 1 is 1.18 bits per heavy atom. The number of unbranched alkanes of at least 4 members (excludes halogenated alkanes) is 1. The third-order valence-corrected chi connectivity index (χ3v) is 5.51. The van der Waals surface area contributed by atoms with Gasteiger partial charge in [-0.15, -0.1) is 0 Å². The zero-order chi connectivity index (χ0) is 23.0. The Hall–Kier alpha value is -4.01. The number of nitrogens with one attached hydrogen (secondary N) is 3. The molecular formula is C24H27N5O4. The smallest absolute Gasteiger partial charge is 0.312 e. The second-order valence-corrected chi connectivity index (χ2v) is 7.77. The summed E-state index contributed by atoms with van der Waals surface area (Å²) in [6.07, 6.45) is 5.17. The molecule has 0 bridgehead atoms. The molecule has 4 rings (SSSR count). The Labute approximate surface area is 191 Å². The van der Waals surface area contributed by atoms with Gasteiger partial charge in [-0.05, 0) is 30.5 Å². The van der Waals surface area contributed by atoms with Crippen molar-refractivity contribution in [3.63, 3.8) is 0 Å². The van der Waals surface area contributed by atoms with Crippen molar-refractivity contribution in [3.05, 3.63) is 66.5 Å². The van der Waals surface area contributed by atoms with Crippen LogP contribution in [-0.4, -0.2) is 53.2 Å². The van der Waals surface area contributed by atoms with Gasteiger partial charge in [0, 0.05) is 43.8 Å². The van der Waals surface area contributed by atoms with E-state index in [0.717, 1.165) is 42.3 Å². The number of hydrogen-bond acceptors (Lipinski definition) is 6. The molecule has 0 fully saturated rings.